The molecule has 51 heavy (non-hydrogen) atoms. The summed E-state index contributed by atoms with van der Waals surface area (Å²) in [4.78, 5) is 12.7. The van der Waals surface area contributed by atoms with E-state index in [0.29, 0.717) is 13.0 Å². The van der Waals surface area contributed by atoms with E-state index in [4.69, 9.17) is 18.9 Å². The van der Waals surface area contributed by atoms with Crippen LogP contribution in [0.3, 0.4) is 0 Å². The molecule has 6 atom stereocenters. The third-order valence-electron chi connectivity index (χ3n) is 9.26. The largest absolute Gasteiger partial charge is 0.457 e. The molecule has 0 bridgehead atoms. The van der Waals surface area contributed by atoms with Crippen molar-refractivity contribution in [3.8, 4) is 0 Å². The van der Waals surface area contributed by atoms with Crippen molar-refractivity contribution >= 4 is 5.97 Å². The first-order valence-electron chi connectivity index (χ1n) is 20.6. The van der Waals surface area contributed by atoms with E-state index in [0.717, 1.165) is 64.2 Å². The van der Waals surface area contributed by atoms with Crippen molar-refractivity contribution in [3.05, 3.63) is 36.5 Å². The van der Waals surface area contributed by atoms with Crippen LogP contribution in [0.25, 0.3) is 0 Å². The number of hydrogen-bond acceptors (Lipinski definition) is 9. The average molecular weight is 725 g/mol. The lowest BCUT2D eigenvalue weighted by molar-refractivity contribution is -0.305. The van der Waals surface area contributed by atoms with Crippen LogP contribution >= 0.6 is 0 Å². The SMILES string of the molecule is CCC/C=C\CCCCCCCCOCC(COC1OC(CO)C(O)C(O)C1O)OC(=O)CCCCCCCCC/C=C\C/C=C\CCCCC. The number of aliphatic hydroxyl groups excluding tert-OH is 4. The second-order valence-electron chi connectivity index (χ2n) is 14.1. The molecule has 0 aromatic carbocycles. The van der Waals surface area contributed by atoms with Crippen molar-refractivity contribution in [1.82, 2.24) is 0 Å². The van der Waals surface area contributed by atoms with Gasteiger partial charge in [0.25, 0.3) is 0 Å². The first-order valence-corrected chi connectivity index (χ1v) is 20.6. The summed E-state index contributed by atoms with van der Waals surface area (Å²) in [6.07, 6.45) is 31.6. The number of allylic oxidation sites excluding steroid dienone is 6. The molecule has 0 saturated carbocycles. The standard InChI is InChI=1S/C42H76O9/c1-3-5-7-9-11-13-15-16-17-18-19-20-21-23-25-27-29-31-38(44)50-36(35-49-42-41(47)40(46)39(45)37(33-43)51-42)34-48-32-30-28-26-24-22-14-12-10-8-6-4-2/h8,10-11,13,16-17,36-37,39-43,45-47H,3-7,9,12,14-15,18-35H2,1-2H3/b10-8-,13-11-,17-16-. The van der Waals surface area contributed by atoms with Crippen molar-refractivity contribution in [2.75, 3.05) is 26.4 Å². The Morgan fingerprint density at radius 2 is 1.18 bits per heavy atom. The minimum absolute atomic E-state index is 0.119. The second-order valence-corrected chi connectivity index (χ2v) is 14.1. The normalized spacial score (nSPS) is 21.7. The molecule has 298 valence electrons. The molecule has 9 heteroatoms. The van der Waals surface area contributed by atoms with Gasteiger partial charge in [-0.25, -0.2) is 0 Å². The van der Waals surface area contributed by atoms with Gasteiger partial charge in [0.05, 0.1) is 19.8 Å². The van der Waals surface area contributed by atoms with Gasteiger partial charge in [0.15, 0.2) is 6.29 Å². The minimum atomic E-state index is -1.54. The summed E-state index contributed by atoms with van der Waals surface area (Å²) in [5.74, 6) is -0.326. The molecule has 1 saturated heterocycles. The molecule has 1 fully saturated rings. The van der Waals surface area contributed by atoms with Crippen LogP contribution < -0.4 is 0 Å². The fourth-order valence-corrected chi connectivity index (χ4v) is 5.99. The summed E-state index contributed by atoms with van der Waals surface area (Å²) < 4.78 is 22.7. The maximum absolute atomic E-state index is 12.7. The summed E-state index contributed by atoms with van der Waals surface area (Å²) in [5, 5.41) is 40.0. The van der Waals surface area contributed by atoms with Gasteiger partial charge in [-0.15, -0.1) is 0 Å². The molecule has 0 aromatic heterocycles. The monoisotopic (exact) mass is 725 g/mol. The molecular weight excluding hydrogens is 648 g/mol. The van der Waals surface area contributed by atoms with E-state index in [1.807, 2.05) is 0 Å². The van der Waals surface area contributed by atoms with Crippen molar-refractivity contribution < 1.29 is 44.2 Å². The van der Waals surface area contributed by atoms with Crippen LogP contribution in [0.2, 0.25) is 0 Å². The Morgan fingerprint density at radius 3 is 1.78 bits per heavy atom. The molecule has 0 amide bonds. The average Bonchev–Trinajstić information content (AvgIpc) is 3.13. The highest BCUT2D eigenvalue weighted by atomic mass is 16.7. The Balaban J connectivity index is 2.30. The third-order valence-corrected chi connectivity index (χ3v) is 9.26. The highest BCUT2D eigenvalue weighted by molar-refractivity contribution is 5.69. The number of rotatable bonds is 34. The Kier molecular flexibility index (Phi) is 31.8. The number of ether oxygens (including phenoxy) is 4. The van der Waals surface area contributed by atoms with Crippen LogP contribution in [0.1, 0.15) is 162 Å². The molecule has 0 radical (unpaired) electrons. The lowest BCUT2D eigenvalue weighted by Gasteiger charge is -2.39. The molecule has 1 aliphatic rings. The van der Waals surface area contributed by atoms with Gasteiger partial charge in [-0.2, -0.15) is 0 Å². The molecule has 1 aliphatic heterocycles. The number of aliphatic hydroxyl groups is 4. The van der Waals surface area contributed by atoms with E-state index in [9.17, 15) is 25.2 Å². The van der Waals surface area contributed by atoms with Crippen LogP contribution in [0, 0.1) is 0 Å². The quantitative estimate of drug-likeness (QED) is 0.0293. The van der Waals surface area contributed by atoms with Gasteiger partial charge in [-0.3, -0.25) is 4.79 Å². The smallest absolute Gasteiger partial charge is 0.306 e. The number of hydrogen-bond donors (Lipinski definition) is 4. The van der Waals surface area contributed by atoms with E-state index in [-0.39, 0.29) is 19.2 Å². The van der Waals surface area contributed by atoms with Gasteiger partial charge in [0.2, 0.25) is 0 Å². The highest BCUT2D eigenvalue weighted by Crippen LogP contribution is 2.22. The fourth-order valence-electron chi connectivity index (χ4n) is 5.99. The Labute approximate surface area is 310 Å². The van der Waals surface area contributed by atoms with Gasteiger partial charge >= 0.3 is 5.97 Å². The summed E-state index contributed by atoms with van der Waals surface area (Å²) in [7, 11) is 0. The molecular formula is C42H76O9. The lowest BCUT2D eigenvalue weighted by Crippen LogP contribution is -2.59. The van der Waals surface area contributed by atoms with E-state index >= 15 is 0 Å². The molecule has 4 N–H and O–H groups in total. The molecule has 0 aliphatic carbocycles. The zero-order valence-electron chi connectivity index (χ0n) is 32.4. The van der Waals surface area contributed by atoms with Crippen molar-refractivity contribution in [2.24, 2.45) is 0 Å². The Bertz CT molecular complexity index is 874. The zero-order valence-corrected chi connectivity index (χ0v) is 32.4. The fraction of sp³-hybridized carbons (Fsp3) is 0.833. The molecule has 1 rings (SSSR count). The molecule has 9 nitrogen and oxygen atoms in total. The van der Waals surface area contributed by atoms with Crippen molar-refractivity contribution in [1.29, 1.82) is 0 Å². The van der Waals surface area contributed by atoms with Gasteiger partial charge in [0.1, 0.15) is 30.5 Å². The Hall–Kier alpha value is -1.59. The second kappa shape index (κ2) is 34.2. The van der Waals surface area contributed by atoms with Crippen LogP contribution in [0.4, 0.5) is 0 Å². The maximum atomic E-state index is 12.7. The summed E-state index contributed by atoms with van der Waals surface area (Å²) in [6.45, 7) is 4.44. The van der Waals surface area contributed by atoms with Gasteiger partial charge < -0.3 is 39.4 Å². The number of unbranched alkanes of at least 4 members (excludes halogenated alkanes) is 17. The van der Waals surface area contributed by atoms with E-state index in [2.05, 4.69) is 50.3 Å². The van der Waals surface area contributed by atoms with E-state index < -0.39 is 43.4 Å². The third kappa shape index (κ3) is 25.9. The van der Waals surface area contributed by atoms with Crippen LogP contribution in [-0.4, -0.2) is 89.6 Å². The first kappa shape index (κ1) is 47.4. The van der Waals surface area contributed by atoms with Gasteiger partial charge in [0, 0.05) is 13.0 Å². The first-order chi connectivity index (χ1) is 24.9. The van der Waals surface area contributed by atoms with Crippen LogP contribution in [0.5, 0.6) is 0 Å². The van der Waals surface area contributed by atoms with E-state index in [1.54, 1.807) is 0 Å². The van der Waals surface area contributed by atoms with E-state index in [1.165, 1.54) is 77.0 Å². The topological polar surface area (TPSA) is 135 Å². The van der Waals surface area contributed by atoms with Crippen LogP contribution in [0.15, 0.2) is 36.5 Å². The molecule has 1 heterocycles. The summed E-state index contributed by atoms with van der Waals surface area (Å²) in [6, 6.07) is 0. The van der Waals surface area contributed by atoms with Gasteiger partial charge in [-0.1, -0.05) is 127 Å². The number of carbonyl (C=O) groups is 1. The highest BCUT2D eigenvalue weighted by Gasteiger charge is 2.44. The van der Waals surface area contributed by atoms with Gasteiger partial charge in [-0.05, 0) is 64.2 Å². The van der Waals surface area contributed by atoms with Crippen molar-refractivity contribution in [2.45, 2.75) is 198 Å². The molecule has 0 spiro atoms. The Morgan fingerprint density at radius 1 is 0.627 bits per heavy atom. The van der Waals surface area contributed by atoms with Crippen molar-refractivity contribution in [3.63, 3.8) is 0 Å². The number of esters is 1. The maximum Gasteiger partial charge on any atom is 0.306 e. The summed E-state index contributed by atoms with van der Waals surface area (Å²) in [5.41, 5.74) is 0. The minimum Gasteiger partial charge on any atom is -0.457 e. The zero-order chi connectivity index (χ0) is 37.2. The number of carbonyl (C=O) groups excluding carboxylic acids is 1. The van der Waals surface area contributed by atoms with Crippen LogP contribution in [-0.2, 0) is 23.7 Å². The predicted octanol–water partition coefficient (Wildman–Crippen LogP) is 8.41. The lowest BCUT2D eigenvalue weighted by atomic mass is 9.99. The molecule has 6 unspecified atom stereocenters. The predicted molar refractivity (Wildman–Crippen MR) is 205 cm³/mol. The summed E-state index contributed by atoms with van der Waals surface area (Å²) >= 11 is 0. The molecule has 0 aromatic rings.